The Morgan fingerprint density at radius 2 is 2.13 bits per heavy atom. The van der Waals surface area contributed by atoms with E-state index in [1.54, 1.807) is 0 Å². The standard InChI is InChI=1S/C18H23NO4/c20-17(6-4-14-2-1-9-21-14)19-11-18(7-8-18)13-3-5-15-16(10-13)23-12-22-15/h3,5,10,14H,1-2,4,6-9,11-12H2,(H,19,20). The number of rotatable bonds is 6. The van der Waals surface area contributed by atoms with Crippen LogP contribution in [-0.2, 0) is 14.9 Å². The zero-order valence-electron chi connectivity index (χ0n) is 13.3. The minimum absolute atomic E-state index is 0.0838. The topological polar surface area (TPSA) is 56.8 Å². The molecule has 2 fully saturated rings. The van der Waals surface area contributed by atoms with Gasteiger partial charge in [-0.2, -0.15) is 0 Å². The number of fused-ring (bicyclic) bond motifs is 1. The van der Waals surface area contributed by atoms with Crippen LogP contribution in [0.5, 0.6) is 11.5 Å². The summed E-state index contributed by atoms with van der Waals surface area (Å²) >= 11 is 0. The van der Waals surface area contributed by atoms with Crippen molar-refractivity contribution in [3.8, 4) is 11.5 Å². The Hall–Kier alpha value is -1.75. The lowest BCUT2D eigenvalue weighted by atomic mass is 9.95. The van der Waals surface area contributed by atoms with Gasteiger partial charge in [-0.25, -0.2) is 0 Å². The monoisotopic (exact) mass is 317 g/mol. The fourth-order valence-electron chi connectivity index (χ4n) is 3.47. The Morgan fingerprint density at radius 1 is 1.26 bits per heavy atom. The van der Waals surface area contributed by atoms with Gasteiger partial charge in [-0.05, 0) is 49.8 Å². The van der Waals surface area contributed by atoms with E-state index >= 15 is 0 Å². The Kier molecular flexibility index (Phi) is 3.89. The Labute approximate surface area is 136 Å². The Bertz CT molecular complexity index is 591. The molecule has 0 spiro atoms. The van der Waals surface area contributed by atoms with Gasteiger partial charge >= 0.3 is 0 Å². The van der Waals surface area contributed by atoms with E-state index in [-0.39, 0.29) is 17.4 Å². The van der Waals surface area contributed by atoms with Gasteiger partial charge in [0.2, 0.25) is 12.7 Å². The van der Waals surface area contributed by atoms with Crippen molar-refractivity contribution >= 4 is 5.91 Å². The molecule has 2 aliphatic heterocycles. The highest BCUT2D eigenvalue weighted by atomic mass is 16.7. The molecule has 1 N–H and O–H groups in total. The van der Waals surface area contributed by atoms with Crippen LogP contribution in [0.4, 0.5) is 0 Å². The van der Waals surface area contributed by atoms with Crippen LogP contribution in [0, 0.1) is 0 Å². The second kappa shape index (κ2) is 6.04. The molecule has 1 aromatic carbocycles. The summed E-state index contributed by atoms with van der Waals surface area (Å²) < 4.78 is 16.4. The summed E-state index contributed by atoms with van der Waals surface area (Å²) in [6.45, 7) is 1.85. The molecule has 3 aliphatic rings. The van der Waals surface area contributed by atoms with E-state index in [1.165, 1.54) is 5.56 Å². The highest BCUT2D eigenvalue weighted by molar-refractivity contribution is 5.76. The molecule has 0 bridgehead atoms. The van der Waals surface area contributed by atoms with Crippen LogP contribution in [0.15, 0.2) is 18.2 Å². The van der Waals surface area contributed by atoms with Crippen molar-refractivity contribution in [3.05, 3.63) is 23.8 Å². The van der Waals surface area contributed by atoms with E-state index < -0.39 is 0 Å². The third-order valence-electron chi connectivity index (χ3n) is 5.18. The molecule has 23 heavy (non-hydrogen) atoms. The molecule has 1 unspecified atom stereocenters. The van der Waals surface area contributed by atoms with Gasteiger partial charge in [-0.15, -0.1) is 0 Å². The first kappa shape index (κ1) is 14.8. The molecule has 124 valence electrons. The van der Waals surface area contributed by atoms with Gasteiger partial charge in [-0.3, -0.25) is 4.79 Å². The summed E-state index contributed by atoms with van der Waals surface area (Å²) in [4.78, 5) is 12.1. The minimum Gasteiger partial charge on any atom is -0.454 e. The van der Waals surface area contributed by atoms with Gasteiger partial charge in [-0.1, -0.05) is 6.07 Å². The van der Waals surface area contributed by atoms with Gasteiger partial charge in [0.15, 0.2) is 11.5 Å². The molecule has 5 heteroatoms. The number of ether oxygens (including phenoxy) is 3. The lowest BCUT2D eigenvalue weighted by molar-refractivity contribution is -0.121. The quantitative estimate of drug-likeness (QED) is 0.876. The number of nitrogens with one attached hydrogen (secondary N) is 1. The van der Waals surface area contributed by atoms with Crippen LogP contribution >= 0.6 is 0 Å². The molecule has 4 rings (SSSR count). The SMILES string of the molecule is O=C(CCC1CCCO1)NCC1(c2ccc3c(c2)OCO3)CC1. The van der Waals surface area contributed by atoms with Gasteiger partial charge < -0.3 is 19.5 Å². The molecule has 0 radical (unpaired) electrons. The first-order chi connectivity index (χ1) is 11.3. The molecular formula is C18H23NO4. The number of carbonyl (C=O) groups excluding carboxylic acids is 1. The summed E-state index contributed by atoms with van der Waals surface area (Å²) in [6.07, 6.45) is 6.11. The number of carbonyl (C=O) groups is 1. The normalized spacial score (nSPS) is 23.7. The number of hydrogen-bond acceptors (Lipinski definition) is 4. The summed E-state index contributed by atoms with van der Waals surface area (Å²) in [5, 5.41) is 3.11. The van der Waals surface area contributed by atoms with Crippen LogP contribution in [0.1, 0.15) is 44.1 Å². The van der Waals surface area contributed by atoms with E-state index in [1.807, 2.05) is 6.07 Å². The average molecular weight is 317 g/mol. The summed E-state index contributed by atoms with van der Waals surface area (Å²) in [7, 11) is 0. The van der Waals surface area contributed by atoms with E-state index in [4.69, 9.17) is 14.2 Å². The first-order valence-electron chi connectivity index (χ1n) is 8.54. The maximum absolute atomic E-state index is 12.1. The summed E-state index contributed by atoms with van der Waals surface area (Å²) in [5.41, 5.74) is 1.32. The maximum atomic E-state index is 12.1. The van der Waals surface area contributed by atoms with Crippen molar-refractivity contribution in [2.75, 3.05) is 19.9 Å². The highest BCUT2D eigenvalue weighted by Gasteiger charge is 2.45. The number of amides is 1. The minimum atomic E-state index is 0.0838. The van der Waals surface area contributed by atoms with Crippen molar-refractivity contribution in [3.63, 3.8) is 0 Å². The predicted molar refractivity (Wildman–Crippen MR) is 84.7 cm³/mol. The lowest BCUT2D eigenvalue weighted by Crippen LogP contribution is -2.32. The van der Waals surface area contributed by atoms with E-state index in [2.05, 4.69) is 17.4 Å². The third-order valence-corrected chi connectivity index (χ3v) is 5.18. The number of hydrogen-bond donors (Lipinski definition) is 1. The number of benzene rings is 1. The highest BCUT2D eigenvalue weighted by Crippen LogP contribution is 2.49. The molecule has 1 atom stereocenters. The van der Waals surface area contributed by atoms with E-state index in [0.717, 1.165) is 50.2 Å². The summed E-state index contributed by atoms with van der Waals surface area (Å²) in [5.74, 6) is 1.76. The summed E-state index contributed by atoms with van der Waals surface area (Å²) in [6, 6.07) is 6.13. The predicted octanol–water partition coefficient (Wildman–Crippen LogP) is 2.52. The van der Waals surface area contributed by atoms with E-state index in [0.29, 0.717) is 19.8 Å². The average Bonchev–Trinajstić information content (AvgIpc) is 3.00. The van der Waals surface area contributed by atoms with Crippen molar-refractivity contribution < 1.29 is 19.0 Å². The molecule has 2 heterocycles. The molecule has 1 aliphatic carbocycles. The van der Waals surface area contributed by atoms with Gasteiger partial charge in [0, 0.05) is 25.0 Å². The van der Waals surface area contributed by atoms with Crippen molar-refractivity contribution in [1.29, 1.82) is 0 Å². The maximum Gasteiger partial charge on any atom is 0.231 e. The second-order valence-corrected chi connectivity index (χ2v) is 6.80. The first-order valence-corrected chi connectivity index (χ1v) is 8.54. The van der Waals surface area contributed by atoms with Crippen LogP contribution in [0.25, 0.3) is 0 Å². The largest absolute Gasteiger partial charge is 0.454 e. The third kappa shape index (κ3) is 3.15. The molecule has 5 nitrogen and oxygen atoms in total. The van der Waals surface area contributed by atoms with Crippen LogP contribution in [0.3, 0.4) is 0 Å². The molecule has 0 aromatic heterocycles. The lowest BCUT2D eigenvalue weighted by Gasteiger charge is -2.17. The molecule has 1 saturated heterocycles. The van der Waals surface area contributed by atoms with Crippen LogP contribution in [-0.4, -0.2) is 32.0 Å². The fraction of sp³-hybridized carbons (Fsp3) is 0.611. The molecular weight excluding hydrogens is 294 g/mol. The molecule has 1 aromatic rings. The van der Waals surface area contributed by atoms with Crippen molar-refractivity contribution in [1.82, 2.24) is 5.32 Å². The molecule has 1 amide bonds. The van der Waals surface area contributed by atoms with Gasteiger partial charge in [0.1, 0.15) is 0 Å². The zero-order valence-corrected chi connectivity index (χ0v) is 13.3. The van der Waals surface area contributed by atoms with E-state index in [9.17, 15) is 4.79 Å². The van der Waals surface area contributed by atoms with Crippen molar-refractivity contribution in [2.45, 2.75) is 50.0 Å². The molecule has 1 saturated carbocycles. The van der Waals surface area contributed by atoms with Crippen molar-refractivity contribution in [2.24, 2.45) is 0 Å². The fourth-order valence-corrected chi connectivity index (χ4v) is 3.47. The Morgan fingerprint density at radius 3 is 2.91 bits per heavy atom. The zero-order chi connectivity index (χ0) is 15.7. The second-order valence-electron chi connectivity index (χ2n) is 6.80. The van der Waals surface area contributed by atoms with Gasteiger partial charge in [0.25, 0.3) is 0 Å². The van der Waals surface area contributed by atoms with Gasteiger partial charge in [0.05, 0.1) is 6.10 Å². The Balaban J connectivity index is 1.30. The smallest absolute Gasteiger partial charge is 0.231 e. The van der Waals surface area contributed by atoms with Crippen LogP contribution in [0.2, 0.25) is 0 Å². The van der Waals surface area contributed by atoms with Crippen LogP contribution < -0.4 is 14.8 Å².